The molecular weight excluding hydrogens is 218 g/mol. The van der Waals surface area contributed by atoms with Crippen LogP contribution < -0.4 is 5.73 Å². The lowest BCUT2D eigenvalue weighted by Crippen LogP contribution is -2.05. The highest BCUT2D eigenvalue weighted by molar-refractivity contribution is 6.31. The van der Waals surface area contributed by atoms with Crippen LogP contribution in [0.1, 0.15) is 63.5 Å². The van der Waals surface area contributed by atoms with Crippen LogP contribution in [0.2, 0.25) is 5.02 Å². The third kappa shape index (κ3) is 2.52. The van der Waals surface area contributed by atoms with E-state index in [1.807, 2.05) is 6.07 Å². The molecule has 1 nitrogen and oxygen atoms in total. The first kappa shape index (κ1) is 13.4. The van der Waals surface area contributed by atoms with E-state index >= 15 is 0 Å². The molecule has 0 saturated carbocycles. The largest absolute Gasteiger partial charge is 0.398 e. The first-order valence-corrected chi connectivity index (χ1v) is 6.48. The van der Waals surface area contributed by atoms with Crippen molar-refractivity contribution in [2.75, 3.05) is 5.73 Å². The van der Waals surface area contributed by atoms with Gasteiger partial charge in [0.05, 0.1) is 0 Å². The highest BCUT2D eigenvalue weighted by Gasteiger charge is 2.16. The van der Waals surface area contributed by atoms with E-state index in [0.29, 0.717) is 11.8 Å². The monoisotopic (exact) mass is 239 g/mol. The van der Waals surface area contributed by atoms with Crippen molar-refractivity contribution < 1.29 is 0 Å². The molecule has 1 aromatic carbocycles. The number of nitrogen functional groups attached to an aromatic ring is 1. The van der Waals surface area contributed by atoms with Crippen molar-refractivity contribution in [2.24, 2.45) is 0 Å². The van der Waals surface area contributed by atoms with Crippen LogP contribution in [-0.4, -0.2) is 0 Å². The lowest BCUT2D eigenvalue weighted by atomic mass is 9.89. The average molecular weight is 240 g/mol. The molecule has 2 N–H and O–H groups in total. The van der Waals surface area contributed by atoms with Gasteiger partial charge in [-0.25, -0.2) is 0 Å². The quantitative estimate of drug-likeness (QED) is 0.740. The molecule has 1 aromatic rings. The van der Waals surface area contributed by atoms with E-state index in [0.717, 1.165) is 29.1 Å². The molecule has 90 valence electrons. The van der Waals surface area contributed by atoms with Gasteiger partial charge in [-0.05, 0) is 41.9 Å². The van der Waals surface area contributed by atoms with Gasteiger partial charge in [0.15, 0.2) is 0 Å². The first-order chi connectivity index (χ1) is 7.52. The van der Waals surface area contributed by atoms with Crippen molar-refractivity contribution in [2.45, 2.75) is 52.4 Å². The van der Waals surface area contributed by atoms with Gasteiger partial charge < -0.3 is 5.73 Å². The molecule has 0 bridgehead atoms. The van der Waals surface area contributed by atoms with Crippen molar-refractivity contribution in [1.29, 1.82) is 0 Å². The van der Waals surface area contributed by atoms with Crippen molar-refractivity contribution in [1.82, 2.24) is 0 Å². The van der Waals surface area contributed by atoms with Crippen LogP contribution in [0.5, 0.6) is 0 Å². The predicted octanol–water partition coefficient (Wildman–Crippen LogP) is 4.95. The smallest absolute Gasteiger partial charge is 0.0461 e. The summed E-state index contributed by atoms with van der Waals surface area (Å²) in [5.74, 6) is 0.927. The van der Waals surface area contributed by atoms with E-state index < -0.39 is 0 Å². The van der Waals surface area contributed by atoms with Crippen LogP contribution >= 0.6 is 11.6 Å². The van der Waals surface area contributed by atoms with Crippen LogP contribution in [-0.2, 0) is 0 Å². The summed E-state index contributed by atoms with van der Waals surface area (Å²) in [6.45, 7) is 8.73. The van der Waals surface area contributed by atoms with Crippen molar-refractivity contribution in [3.8, 4) is 0 Å². The Morgan fingerprint density at radius 1 is 1.12 bits per heavy atom. The number of anilines is 1. The molecule has 0 aliphatic heterocycles. The zero-order valence-electron chi connectivity index (χ0n) is 10.7. The summed E-state index contributed by atoms with van der Waals surface area (Å²) >= 11 is 6.24. The SMILES string of the molecule is CCC(C)c1ccc(Cl)c(C(C)CC)c1N. The van der Waals surface area contributed by atoms with Crippen LogP contribution in [0.3, 0.4) is 0 Å². The van der Waals surface area contributed by atoms with Crippen LogP contribution in [0.15, 0.2) is 12.1 Å². The highest BCUT2D eigenvalue weighted by Crippen LogP contribution is 2.37. The van der Waals surface area contributed by atoms with E-state index in [1.165, 1.54) is 5.56 Å². The highest BCUT2D eigenvalue weighted by atomic mass is 35.5. The Labute approximate surface area is 104 Å². The maximum atomic E-state index is 6.25. The first-order valence-electron chi connectivity index (χ1n) is 6.10. The van der Waals surface area contributed by atoms with E-state index in [1.54, 1.807) is 0 Å². The molecule has 0 fully saturated rings. The Morgan fingerprint density at radius 2 is 1.69 bits per heavy atom. The van der Waals surface area contributed by atoms with Gasteiger partial charge >= 0.3 is 0 Å². The minimum absolute atomic E-state index is 0.427. The summed E-state index contributed by atoms with van der Waals surface area (Å²) in [5, 5.41) is 0.805. The second kappa shape index (κ2) is 5.58. The van der Waals surface area contributed by atoms with Gasteiger partial charge in [-0.15, -0.1) is 0 Å². The van der Waals surface area contributed by atoms with Gasteiger partial charge in [0.25, 0.3) is 0 Å². The Balaban J connectivity index is 3.26. The van der Waals surface area contributed by atoms with E-state index in [2.05, 4.69) is 33.8 Å². The molecular formula is C14H22ClN. The Kier molecular flexibility index (Phi) is 4.67. The fraction of sp³-hybridized carbons (Fsp3) is 0.571. The summed E-state index contributed by atoms with van der Waals surface area (Å²) in [7, 11) is 0. The lowest BCUT2D eigenvalue weighted by molar-refractivity contribution is 0.715. The topological polar surface area (TPSA) is 26.0 Å². The summed E-state index contributed by atoms with van der Waals surface area (Å²) in [5.41, 5.74) is 9.52. The maximum Gasteiger partial charge on any atom is 0.0461 e. The molecule has 0 aliphatic carbocycles. The van der Waals surface area contributed by atoms with Crippen molar-refractivity contribution in [3.63, 3.8) is 0 Å². The molecule has 16 heavy (non-hydrogen) atoms. The maximum absolute atomic E-state index is 6.25. The molecule has 0 radical (unpaired) electrons. The Morgan fingerprint density at radius 3 is 2.19 bits per heavy atom. The Bertz CT molecular complexity index is 360. The molecule has 0 spiro atoms. The van der Waals surface area contributed by atoms with Gasteiger partial charge in [-0.1, -0.05) is 45.4 Å². The Hall–Kier alpha value is -0.690. The minimum Gasteiger partial charge on any atom is -0.398 e. The summed E-state index contributed by atoms with van der Waals surface area (Å²) in [6.07, 6.45) is 2.17. The minimum atomic E-state index is 0.427. The van der Waals surface area contributed by atoms with Crippen LogP contribution in [0, 0.1) is 0 Å². The lowest BCUT2D eigenvalue weighted by Gasteiger charge is -2.20. The third-order valence-corrected chi connectivity index (χ3v) is 3.85. The van der Waals surface area contributed by atoms with Crippen molar-refractivity contribution in [3.05, 3.63) is 28.3 Å². The molecule has 2 heteroatoms. The summed E-state index contributed by atoms with van der Waals surface area (Å²) in [4.78, 5) is 0. The molecule has 1 rings (SSSR count). The van der Waals surface area contributed by atoms with E-state index in [-0.39, 0.29) is 0 Å². The number of halogens is 1. The molecule has 2 atom stereocenters. The number of rotatable bonds is 4. The number of nitrogens with two attached hydrogens (primary N) is 1. The molecule has 0 aromatic heterocycles. The predicted molar refractivity (Wildman–Crippen MR) is 73.3 cm³/mol. The van der Waals surface area contributed by atoms with Gasteiger partial charge in [0.1, 0.15) is 0 Å². The molecule has 0 amide bonds. The second-order valence-corrected chi connectivity index (χ2v) is 4.99. The molecule has 0 saturated heterocycles. The fourth-order valence-corrected chi connectivity index (χ4v) is 2.33. The zero-order valence-corrected chi connectivity index (χ0v) is 11.4. The molecule has 0 heterocycles. The van der Waals surface area contributed by atoms with Gasteiger partial charge in [0, 0.05) is 10.7 Å². The molecule has 0 aliphatic rings. The van der Waals surface area contributed by atoms with Gasteiger partial charge in [-0.3, -0.25) is 0 Å². The number of hydrogen-bond acceptors (Lipinski definition) is 1. The number of hydrogen-bond donors (Lipinski definition) is 1. The standard InChI is InChI=1S/C14H22ClN/c1-5-9(3)11-7-8-12(15)13(14(11)16)10(4)6-2/h7-10H,5-6,16H2,1-4H3. The normalized spacial score (nSPS) is 14.8. The summed E-state index contributed by atoms with van der Waals surface area (Å²) in [6, 6.07) is 4.05. The van der Waals surface area contributed by atoms with Gasteiger partial charge in [0.2, 0.25) is 0 Å². The number of benzene rings is 1. The van der Waals surface area contributed by atoms with E-state index in [9.17, 15) is 0 Å². The van der Waals surface area contributed by atoms with Crippen LogP contribution in [0.25, 0.3) is 0 Å². The van der Waals surface area contributed by atoms with Gasteiger partial charge in [-0.2, -0.15) is 0 Å². The molecule has 2 unspecified atom stereocenters. The van der Waals surface area contributed by atoms with Crippen LogP contribution in [0.4, 0.5) is 5.69 Å². The summed E-state index contributed by atoms with van der Waals surface area (Å²) < 4.78 is 0. The third-order valence-electron chi connectivity index (χ3n) is 3.52. The zero-order chi connectivity index (χ0) is 12.3. The van der Waals surface area contributed by atoms with Crippen molar-refractivity contribution >= 4 is 17.3 Å². The van der Waals surface area contributed by atoms with E-state index in [4.69, 9.17) is 17.3 Å². The second-order valence-electron chi connectivity index (χ2n) is 4.58. The fourth-order valence-electron chi connectivity index (χ4n) is 1.98. The average Bonchev–Trinajstić information content (AvgIpc) is 2.28.